The first-order valence-electron chi connectivity index (χ1n) is 9.71. The van der Waals surface area contributed by atoms with Crippen LogP contribution in [-0.2, 0) is 13.0 Å². The number of halogens is 1. The van der Waals surface area contributed by atoms with Gasteiger partial charge in [-0.2, -0.15) is 0 Å². The van der Waals surface area contributed by atoms with Gasteiger partial charge in [0, 0.05) is 28.5 Å². The number of para-hydroxylation sites is 1. The molecular weight excluding hydrogens is 424 g/mol. The number of aromatic nitrogens is 1. The first-order valence-corrected chi connectivity index (χ1v) is 10.5. The maximum absolute atomic E-state index is 13.6. The van der Waals surface area contributed by atoms with Crippen LogP contribution in [0.3, 0.4) is 0 Å². The van der Waals surface area contributed by atoms with Gasteiger partial charge in [0.15, 0.2) is 0 Å². The number of carbonyl (C=O) groups excluding carboxylic acids is 1. The van der Waals surface area contributed by atoms with Crippen LogP contribution < -0.4 is 0 Å². The van der Waals surface area contributed by atoms with Crippen molar-refractivity contribution in [3.63, 3.8) is 0 Å². The third-order valence-electron chi connectivity index (χ3n) is 5.48. The van der Waals surface area contributed by atoms with Crippen LogP contribution in [0.25, 0.3) is 22.2 Å². The number of rotatable bonds is 2. The zero-order valence-corrected chi connectivity index (χ0v) is 17.4. The number of hydrogen-bond donors (Lipinski definition) is 0. The van der Waals surface area contributed by atoms with Crippen molar-refractivity contribution in [1.29, 1.82) is 0 Å². The SMILES string of the molecule is O=C(c1cc(-c2cccc(Br)c2)nc2ccccc12)N1CCc2ccccc2C1. The number of amides is 1. The highest BCUT2D eigenvalue weighted by molar-refractivity contribution is 9.10. The average Bonchev–Trinajstić information content (AvgIpc) is 2.77. The van der Waals surface area contributed by atoms with E-state index < -0.39 is 0 Å². The van der Waals surface area contributed by atoms with Gasteiger partial charge in [-0.15, -0.1) is 0 Å². The predicted molar refractivity (Wildman–Crippen MR) is 120 cm³/mol. The molecule has 1 aliphatic heterocycles. The van der Waals surface area contributed by atoms with Gasteiger partial charge >= 0.3 is 0 Å². The molecule has 1 amide bonds. The first-order chi connectivity index (χ1) is 14.2. The van der Waals surface area contributed by atoms with E-state index in [-0.39, 0.29) is 5.91 Å². The maximum Gasteiger partial charge on any atom is 0.254 e. The minimum atomic E-state index is 0.0642. The summed E-state index contributed by atoms with van der Waals surface area (Å²) in [6, 6.07) is 26.2. The van der Waals surface area contributed by atoms with Gasteiger partial charge in [0.25, 0.3) is 5.91 Å². The van der Waals surface area contributed by atoms with E-state index in [1.165, 1.54) is 11.1 Å². The Bertz CT molecular complexity index is 1230. The smallest absolute Gasteiger partial charge is 0.254 e. The van der Waals surface area contributed by atoms with Crippen molar-refractivity contribution >= 4 is 32.7 Å². The summed E-state index contributed by atoms with van der Waals surface area (Å²) in [5.74, 6) is 0.0642. The van der Waals surface area contributed by atoms with Gasteiger partial charge in [-0.05, 0) is 41.8 Å². The highest BCUT2D eigenvalue weighted by atomic mass is 79.9. The van der Waals surface area contributed by atoms with Crippen LogP contribution >= 0.6 is 15.9 Å². The standard InChI is InChI=1S/C25H19BrN2O/c26-20-9-5-8-18(14-20)24-15-22(21-10-3-4-11-23(21)27-24)25(29)28-13-12-17-6-1-2-7-19(17)16-28/h1-11,14-15H,12-13,16H2. The van der Waals surface area contributed by atoms with E-state index in [9.17, 15) is 4.79 Å². The van der Waals surface area contributed by atoms with Crippen LogP contribution in [0.2, 0.25) is 0 Å². The molecule has 1 aliphatic rings. The third kappa shape index (κ3) is 3.45. The van der Waals surface area contributed by atoms with E-state index in [1.807, 2.05) is 65.6 Å². The van der Waals surface area contributed by atoms with Crippen molar-refractivity contribution in [3.8, 4) is 11.3 Å². The zero-order chi connectivity index (χ0) is 19.8. The molecule has 4 aromatic rings. The van der Waals surface area contributed by atoms with Crippen molar-refractivity contribution in [3.05, 3.63) is 100 Å². The molecule has 29 heavy (non-hydrogen) atoms. The van der Waals surface area contributed by atoms with E-state index in [0.717, 1.165) is 39.6 Å². The van der Waals surface area contributed by atoms with Crippen LogP contribution in [0.4, 0.5) is 0 Å². The molecule has 1 aromatic heterocycles. The van der Waals surface area contributed by atoms with Gasteiger partial charge in [-0.1, -0.05) is 70.5 Å². The molecule has 2 heterocycles. The van der Waals surface area contributed by atoms with Crippen LogP contribution in [0.15, 0.2) is 83.3 Å². The van der Waals surface area contributed by atoms with Crippen LogP contribution in [0, 0.1) is 0 Å². The molecule has 0 saturated heterocycles. The molecule has 4 heteroatoms. The lowest BCUT2D eigenvalue weighted by Gasteiger charge is -2.29. The molecule has 0 N–H and O–H groups in total. The summed E-state index contributed by atoms with van der Waals surface area (Å²) in [5.41, 5.74) is 5.92. The number of fused-ring (bicyclic) bond motifs is 2. The van der Waals surface area contributed by atoms with Gasteiger partial charge in [0.05, 0.1) is 16.8 Å². The molecule has 0 fully saturated rings. The second-order valence-corrected chi connectivity index (χ2v) is 8.24. The molecule has 0 aliphatic carbocycles. The maximum atomic E-state index is 13.6. The lowest BCUT2D eigenvalue weighted by molar-refractivity contribution is 0.0736. The van der Waals surface area contributed by atoms with E-state index in [1.54, 1.807) is 0 Å². The number of carbonyl (C=O) groups is 1. The number of pyridine rings is 1. The summed E-state index contributed by atoms with van der Waals surface area (Å²) in [5, 5.41) is 0.898. The summed E-state index contributed by atoms with van der Waals surface area (Å²) >= 11 is 3.53. The molecule has 0 unspecified atom stereocenters. The summed E-state index contributed by atoms with van der Waals surface area (Å²) in [7, 11) is 0. The molecule has 0 radical (unpaired) electrons. The van der Waals surface area contributed by atoms with Crippen molar-refractivity contribution < 1.29 is 4.79 Å². The van der Waals surface area contributed by atoms with Gasteiger partial charge in [0.1, 0.15) is 0 Å². The normalized spacial score (nSPS) is 13.3. The predicted octanol–water partition coefficient (Wildman–Crippen LogP) is 5.86. The Kier molecular flexibility index (Phi) is 4.64. The fourth-order valence-corrected chi connectivity index (χ4v) is 4.39. The number of nitrogens with zero attached hydrogens (tertiary/aromatic N) is 2. The first kappa shape index (κ1) is 18.1. The van der Waals surface area contributed by atoms with E-state index in [2.05, 4.69) is 34.1 Å². The fourth-order valence-electron chi connectivity index (χ4n) is 3.99. The second-order valence-electron chi connectivity index (χ2n) is 7.33. The van der Waals surface area contributed by atoms with Crippen molar-refractivity contribution in [2.75, 3.05) is 6.54 Å². The van der Waals surface area contributed by atoms with Gasteiger partial charge in [-0.25, -0.2) is 4.98 Å². The summed E-state index contributed by atoms with van der Waals surface area (Å²) in [6.45, 7) is 1.39. The molecular formula is C25H19BrN2O. The van der Waals surface area contributed by atoms with Crippen LogP contribution in [0.5, 0.6) is 0 Å². The van der Waals surface area contributed by atoms with Crippen LogP contribution in [0.1, 0.15) is 21.5 Å². The molecule has 5 rings (SSSR count). The zero-order valence-electron chi connectivity index (χ0n) is 15.8. The van der Waals surface area contributed by atoms with Crippen molar-refractivity contribution in [1.82, 2.24) is 9.88 Å². The molecule has 0 saturated carbocycles. The Hall–Kier alpha value is -2.98. The summed E-state index contributed by atoms with van der Waals surface area (Å²) in [6.07, 6.45) is 0.892. The molecule has 0 atom stereocenters. The highest BCUT2D eigenvalue weighted by Crippen LogP contribution is 2.29. The van der Waals surface area contributed by atoms with E-state index in [4.69, 9.17) is 4.98 Å². The summed E-state index contributed by atoms with van der Waals surface area (Å²) < 4.78 is 0.991. The Morgan fingerprint density at radius 3 is 2.55 bits per heavy atom. The van der Waals surface area contributed by atoms with Crippen molar-refractivity contribution in [2.24, 2.45) is 0 Å². The molecule has 0 spiro atoms. The summed E-state index contributed by atoms with van der Waals surface area (Å²) in [4.78, 5) is 20.3. The van der Waals surface area contributed by atoms with E-state index >= 15 is 0 Å². The Labute approximate surface area is 178 Å². The Morgan fingerprint density at radius 1 is 0.897 bits per heavy atom. The lowest BCUT2D eigenvalue weighted by atomic mass is 9.98. The van der Waals surface area contributed by atoms with Crippen LogP contribution in [-0.4, -0.2) is 22.3 Å². The number of benzene rings is 3. The Balaban J connectivity index is 1.59. The fraction of sp³-hybridized carbons (Fsp3) is 0.120. The minimum Gasteiger partial charge on any atom is -0.334 e. The second kappa shape index (κ2) is 7.45. The third-order valence-corrected chi connectivity index (χ3v) is 5.98. The number of hydrogen-bond acceptors (Lipinski definition) is 2. The van der Waals surface area contributed by atoms with Gasteiger partial charge in [0.2, 0.25) is 0 Å². The Morgan fingerprint density at radius 2 is 1.69 bits per heavy atom. The lowest BCUT2D eigenvalue weighted by Crippen LogP contribution is -2.36. The van der Waals surface area contributed by atoms with Gasteiger partial charge < -0.3 is 4.90 Å². The molecule has 0 bridgehead atoms. The average molecular weight is 443 g/mol. The molecule has 142 valence electrons. The van der Waals surface area contributed by atoms with E-state index in [0.29, 0.717) is 12.1 Å². The molecule has 3 nitrogen and oxygen atoms in total. The van der Waals surface area contributed by atoms with Gasteiger partial charge in [-0.3, -0.25) is 4.79 Å². The highest BCUT2D eigenvalue weighted by Gasteiger charge is 2.24. The topological polar surface area (TPSA) is 33.2 Å². The molecule has 3 aromatic carbocycles. The quantitative estimate of drug-likeness (QED) is 0.389. The minimum absolute atomic E-state index is 0.0642. The largest absolute Gasteiger partial charge is 0.334 e. The van der Waals surface area contributed by atoms with Crippen molar-refractivity contribution in [2.45, 2.75) is 13.0 Å². The monoisotopic (exact) mass is 442 g/mol.